The van der Waals surface area contributed by atoms with E-state index >= 15 is 0 Å². The minimum atomic E-state index is -0.637. The van der Waals surface area contributed by atoms with E-state index in [0.29, 0.717) is 11.1 Å². The van der Waals surface area contributed by atoms with Crippen molar-refractivity contribution in [1.29, 1.82) is 0 Å². The second-order valence-electron chi connectivity index (χ2n) is 6.07. The van der Waals surface area contributed by atoms with Crippen molar-refractivity contribution in [3.8, 4) is 16.9 Å². The first kappa shape index (κ1) is 19.3. The summed E-state index contributed by atoms with van der Waals surface area (Å²) in [7, 11) is 0. The van der Waals surface area contributed by atoms with Crippen LogP contribution >= 0.6 is 12.4 Å². The van der Waals surface area contributed by atoms with Crippen molar-refractivity contribution >= 4 is 17.9 Å². The number of pyridine rings is 2. The van der Waals surface area contributed by atoms with Crippen molar-refractivity contribution in [1.82, 2.24) is 14.0 Å². The van der Waals surface area contributed by atoms with Crippen LogP contribution in [0.25, 0.3) is 16.6 Å². The maximum atomic E-state index is 13.4. The van der Waals surface area contributed by atoms with Gasteiger partial charge in [0.25, 0.3) is 5.56 Å². The number of hydrogen-bond acceptors (Lipinski definition) is 4. The maximum absolute atomic E-state index is 13.4. The number of aromatic nitrogens is 3. The van der Waals surface area contributed by atoms with Gasteiger partial charge in [0.15, 0.2) is 11.3 Å². The number of hydrogen-bond donors (Lipinski definition) is 1. The molecule has 28 heavy (non-hydrogen) atoms. The first-order chi connectivity index (χ1) is 13.0. The third-order valence-electron chi connectivity index (χ3n) is 4.31. The normalized spacial score (nSPS) is 10.6. The maximum Gasteiger partial charge on any atom is 0.279 e. The van der Waals surface area contributed by atoms with E-state index in [9.17, 15) is 19.1 Å². The lowest BCUT2D eigenvalue weighted by molar-refractivity contribution is 0.472. The van der Waals surface area contributed by atoms with Gasteiger partial charge >= 0.3 is 0 Å². The van der Waals surface area contributed by atoms with E-state index in [4.69, 9.17) is 0 Å². The summed E-state index contributed by atoms with van der Waals surface area (Å²) in [5.74, 6) is -1.02. The van der Waals surface area contributed by atoms with E-state index in [0.717, 1.165) is 0 Å². The molecule has 0 atom stereocenters. The monoisotopic (exact) mass is 399 g/mol. The van der Waals surface area contributed by atoms with E-state index in [1.807, 2.05) is 0 Å². The fourth-order valence-corrected chi connectivity index (χ4v) is 3.00. The molecule has 8 heteroatoms. The van der Waals surface area contributed by atoms with Crippen molar-refractivity contribution in [3.05, 3.63) is 99.3 Å². The van der Waals surface area contributed by atoms with Crippen molar-refractivity contribution in [2.24, 2.45) is 0 Å². The molecule has 0 aliphatic rings. The average Bonchev–Trinajstić information content (AvgIpc) is 2.67. The number of aromatic hydroxyl groups is 1. The van der Waals surface area contributed by atoms with Gasteiger partial charge in [-0.2, -0.15) is 0 Å². The van der Waals surface area contributed by atoms with E-state index in [2.05, 4.69) is 4.98 Å². The number of fused-ring (bicyclic) bond motifs is 1. The zero-order valence-corrected chi connectivity index (χ0v) is 15.3. The van der Waals surface area contributed by atoms with Crippen molar-refractivity contribution < 1.29 is 9.50 Å². The summed E-state index contributed by atoms with van der Waals surface area (Å²) >= 11 is 0. The Bertz CT molecular complexity index is 1270. The molecule has 0 fully saturated rings. The van der Waals surface area contributed by atoms with Crippen LogP contribution < -0.4 is 11.0 Å². The smallest absolute Gasteiger partial charge is 0.279 e. The Morgan fingerprint density at radius 1 is 1.07 bits per heavy atom. The molecule has 0 aliphatic heterocycles. The van der Waals surface area contributed by atoms with E-state index in [-0.39, 0.29) is 30.0 Å². The zero-order valence-electron chi connectivity index (χ0n) is 14.4. The number of rotatable bonds is 3. The predicted molar refractivity (Wildman–Crippen MR) is 106 cm³/mol. The molecule has 4 rings (SSSR count). The molecule has 0 bridgehead atoms. The lowest BCUT2D eigenvalue weighted by Crippen LogP contribution is -2.24. The fourth-order valence-electron chi connectivity index (χ4n) is 3.00. The molecular weight excluding hydrogens is 385 g/mol. The van der Waals surface area contributed by atoms with Gasteiger partial charge in [-0.3, -0.25) is 14.6 Å². The van der Waals surface area contributed by atoms with E-state index in [1.165, 1.54) is 45.9 Å². The summed E-state index contributed by atoms with van der Waals surface area (Å²) in [4.78, 5) is 29.3. The Labute approximate surface area is 164 Å². The van der Waals surface area contributed by atoms with Gasteiger partial charge in [-0.1, -0.05) is 12.1 Å². The second-order valence-corrected chi connectivity index (χ2v) is 6.07. The van der Waals surface area contributed by atoms with Crippen molar-refractivity contribution in [2.75, 3.05) is 0 Å². The van der Waals surface area contributed by atoms with Crippen LogP contribution in [0.3, 0.4) is 0 Å². The highest BCUT2D eigenvalue weighted by molar-refractivity contribution is 5.85. The fraction of sp³-hybridized carbons (Fsp3) is 0.0500. The van der Waals surface area contributed by atoms with Crippen LogP contribution in [-0.2, 0) is 6.54 Å². The zero-order chi connectivity index (χ0) is 19.0. The SMILES string of the molecule is Cl.O=c1c(-c2ccncc2)cn2ccn(Cc3cccc(F)c3)c(=O)c2c1O. The van der Waals surface area contributed by atoms with Gasteiger partial charge in [0.1, 0.15) is 5.82 Å². The van der Waals surface area contributed by atoms with Crippen LogP contribution in [0.1, 0.15) is 5.56 Å². The summed E-state index contributed by atoms with van der Waals surface area (Å²) in [6.45, 7) is 0.118. The molecular formula is C20H15ClFN3O3. The van der Waals surface area contributed by atoms with Crippen LogP contribution in [0.15, 0.2) is 77.0 Å². The van der Waals surface area contributed by atoms with Gasteiger partial charge in [0.05, 0.1) is 6.54 Å². The molecule has 4 aromatic rings. The van der Waals surface area contributed by atoms with Crippen LogP contribution in [0.2, 0.25) is 0 Å². The Morgan fingerprint density at radius 3 is 2.54 bits per heavy atom. The van der Waals surface area contributed by atoms with E-state index in [1.54, 1.807) is 30.5 Å². The third-order valence-corrected chi connectivity index (χ3v) is 4.31. The summed E-state index contributed by atoms with van der Waals surface area (Å²) in [5, 5.41) is 10.4. The summed E-state index contributed by atoms with van der Waals surface area (Å²) < 4.78 is 16.1. The van der Waals surface area contributed by atoms with Crippen LogP contribution in [0.4, 0.5) is 4.39 Å². The second kappa shape index (κ2) is 7.66. The topological polar surface area (TPSA) is 76.6 Å². The average molecular weight is 400 g/mol. The summed E-state index contributed by atoms with van der Waals surface area (Å²) in [6, 6.07) is 9.19. The predicted octanol–water partition coefficient (Wildman–Crippen LogP) is 2.84. The van der Waals surface area contributed by atoms with Gasteiger partial charge in [-0.05, 0) is 35.4 Å². The van der Waals surface area contributed by atoms with Gasteiger partial charge in [0.2, 0.25) is 5.43 Å². The lowest BCUT2D eigenvalue weighted by atomic mass is 10.1. The molecule has 3 aromatic heterocycles. The molecule has 0 spiro atoms. The molecule has 0 saturated carbocycles. The Morgan fingerprint density at radius 2 is 1.82 bits per heavy atom. The van der Waals surface area contributed by atoms with Crippen LogP contribution in [-0.4, -0.2) is 19.1 Å². The lowest BCUT2D eigenvalue weighted by Gasteiger charge is -2.11. The first-order valence-electron chi connectivity index (χ1n) is 8.17. The molecule has 3 heterocycles. The largest absolute Gasteiger partial charge is 0.503 e. The molecule has 0 radical (unpaired) electrons. The number of nitrogens with zero attached hydrogens (tertiary/aromatic N) is 3. The van der Waals surface area contributed by atoms with Crippen LogP contribution in [0.5, 0.6) is 5.75 Å². The quantitative estimate of drug-likeness (QED) is 0.574. The number of halogens is 2. The highest BCUT2D eigenvalue weighted by Gasteiger charge is 2.15. The van der Waals surface area contributed by atoms with Crippen molar-refractivity contribution in [2.45, 2.75) is 6.54 Å². The number of benzene rings is 1. The molecule has 0 unspecified atom stereocenters. The molecule has 0 saturated heterocycles. The van der Waals surface area contributed by atoms with Gasteiger partial charge in [-0.25, -0.2) is 4.39 Å². The third kappa shape index (κ3) is 3.39. The van der Waals surface area contributed by atoms with Gasteiger partial charge < -0.3 is 14.1 Å². The Kier molecular flexibility index (Phi) is 5.28. The summed E-state index contributed by atoms with van der Waals surface area (Å²) in [6.07, 6.45) is 7.68. The minimum absolute atomic E-state index is 0. The van der Waals surface area contributed by atoms with Gasteiger partial charge in [-0.15, -0.1) is 12.4 Å². The molecule has 142 valence electrons. The molecule has 0 aliphatic carbocycles. The first-order valence-corrected chi connectivity index (χ1v) is 8.17. The van der Waals surface area contributed by atoms with Crippen molar-refractivity contribution in [3.63, 3.8) is 0 Å². The summed E-state index contributed by atoms with van der Waals surface area (Å²) in [5.41, 5.74) is 0.131. The highest BCUT2D eigenvalue weighted by atomic mass is 35.5. The van der Waals surface area contributed by atoms with E-state index < -0.39 is 22.6 Å². The molecule has 0 amide bonds. The van der Waals surface area contributed by atoms with Crippen LogP contribution in [0, 0.1) is 5.82 Å². The Balaban J connectivity index is 0.00000225. The molecule has 1 N–H and O–H groups in total. The standard InChI is InChI=1S/C20H14FN3O3.ClH/c21-15-3-1-2-13(10-15)11-24-9-8-23-12-16(14-4-6-22-7-5-14)18(25)19(26)17(23)20(24)27;/h1-10,12,26H,11H2;1H. The Hall–Kier alpha value is -3.45. The molecule has 6 nitrogen and oxygen atoms in total. The highest BCUT2D eigenvalue weighted by Crippen LogP contribution is 2.19. The minimum Gasteiger partial charge on any atom is -0.503 e. The molecule has 1 aromatic carbocycles. The van der Waals surface area contributed by atoms with Gasteiger partial charge in [0, 0.05) is 36.5 Å².